The van der Waals surface area contributed by atoms with Crippen molar-refractivity contribution in [3.05, 3.63) is 48.0 Å². The normalized spacial score (nSPS) is 22.2. The molecule has 1 aliphatic heterocycles. The maximum absolute atomic E-state index is 12.9. The Balaban J connectivity index is 1.60. The van der Waals surface area contributed by atoms with Crippen LogP contribution in [0.2, 0.25) is 0 Å². The van der Waals surface area contributed by atoms with E-state index < -0.39 is 10.8 Å². The van der Waals surface area contributed by atoms with E-state index in [-0.39, 0.29) is 11.9 Å². The van der Waals surface area contributed by atoms with Gasteiger partial charge in [-0.3, -0.25) is 13.8 Å². The Labute approximate surface area is 137 Å². The van der Waals surface area contributed by atoms with E-state index in [1.54, 1.807) is 16.8 Å². The molecule has 0 saturated carbocycles. The first-order chi connectivity index (χ1) is 11.1. The lowest BCUT2D eigenvalue weighted by Crippen LogP contribution is -2.42. The van der Waals surface area contributed by atoms with Gasteiger partial charge in [-0.25, -0.2) is 4.39 Å². The van der Waals surface area contributed by atoms with Crippen molar-refractivity contribution < 1.29 is 13.3 Å². The van der Waals surface area contributed by atoms with Crippen LogP contribution in [0.5, 0.6) is 5.75 Å². The van der Waals surface area contributed by atoms with Crippen LogP contribution in [0, 0.1) is 5.82 Å². The third-order valence-corrected chi connectivity index (χ3v) is 5.29. The highest BCUT2D eigenvalue weighted by Crippen LogP contribution is 2.24. The molecule has 0 bridgehead atoms. The molecule has 0 N–H and O–H groups in total. The fourth-order valence-corrected chi connectivity index (χ4v) is 4.10. The van der Waals surface area contributed by atoms with Crippen molar-refractivity contribution in [3.63, 3.8) is 0 Å². The van der Waals surface area contributed by atoms with E-state index in [0.29, 0.717) is 23.9 Å². The highest BCUT2D eigenvalue weighted by Gasteiger charge is 2.28. The lowest BCUT2D eigenvalue weighted by atomic mass is 10.1. The van der Waals surface area contributed by atoms with E-state index in [2.05, 4.69) is 10.00 Å². The van der Waals surface area contributed by atoms with Crippen LogP contribution in [0.25, 0.3) is 0 Å². The van der Waals surface area contributed by atoms with Gasteiger partial charge in [-0.1, -0.05) is 0 Å². The third-order valence-electron chi connectivity index (χ3n) is 3.96. The molecule has 1 fully saturated rings. The van der Waals surface area contributed by atoms with Crippen molar-refractivity contribution in [2.24, 2.45) is 7.05 Å². The Kier molecular flexibility index (Phi) is 5.07. The average Bonchev–Trinajstić information content (AvgIpc) is 2.97. The van der Waals surface area contributed by atoms with E-state index in [1.165, 1.54) is 12.1 Å². The molecule has 1 aromatic heterocycles. The highest BCUT2D eigenvalue weighted by molar-refractivity contribution is 7.85. The second-order valence-electron chi connectivity index (χ2n) is 5.61. The number of ether oxygens (including phenoxy) is 1. The Morgan fingerprint density at radius 3 is 2.87 bits per heavy atom. The van der Waals surface area contributed by atoms with Crippen molar-refractivity contribution in [3.8, 4) is 5.75 Å². The van der Waals surface area contributed by atoms with E-state index >= 15 is 0 Å². The Morgan fingerprint density at radius 2 is 2.17 bits per heavy atom. The van der Waals surface area contributed by atoms with Crippen LogP contribution in [0.1, 0.15) is 11.6 Å². The fourth-order valence-electron chi connectivity index (χ4n) is 2.74. The summed E-state index contributed by atoms with van der Waals surface area (Å²) in [4.78, 5) is 2.28. The zero-order chi connectivity index (χ0) is 16.2. The van der Waals surface area contributed by atoms with Crippen molar-refractivity contribution in [1.82, 2.24) is 14.7 Å². The van der Waals surface area contributed by atoms with Crippen LogP contribution in [0.15, 0.2) is 36.7 Å². The summed E-state index contributed by atoms with van der Waals surface area (Å²) in [6.45, 7) is 2.02. The molecule has 0 radical (unpaired) electrons. The van der Waals surface area contributed by atoms with Gasteiger partial charge in [0.1, 0.15) is 18.2 Å². The zero-order valence-electron chi connectivity index (χ0n) is 13.0. The quantitative estimate of drug-likeness (QED) is 0.834. The molecule has 23 heavy (non-hydrogen) atoms. The first-order valence-electron chi connectivity index (χ1n) is 7.58. The van der Waals surface area contributed by atoms with Crippen molar-refractivity contribution in [2.75, 3.05) is 31.2 Å². The summed E-state index contributed by atoms with van der Waals surface area (Å²) in [6.07, 6.45) is 3.81. The molecule has 0 aliphatic carbocycles. The zero-order valence-corrected chi connectivity index (χ0v) is 13.8. The Morgan fingerprint density at radius 1 is 1.39 bits per heavy atom. The summed E-state index contributed by atoms with van der Waals surface area (Å²) in [7, 11) is 1.09. The molecule has 5 nitrogen and oxygen atoms in total. The molecule has 7 heteroatoms. The highest BCUT2D eigenvalue weighted by atomic mass is 32.2. The van der Waals surface area contributed by atoms with Gasteiger partial charge in [0.15, 0.2) is 0 Å². The van der Waals surface area contributed by atoms with Crippen LogP contribution in [-0.2, 0) is 17.8 Å². The van der Waals surface area contributed by atoms with Gasteiger partial charge in [0.05, 0.1) is 6.20 Å². The van der Waals surface area contributed by atoms with Gasteiger partial charge in [0.25, 0.3) is 0 Å². The number of hydrogen-bond donors (Lipinski definition) is 0. The predicted molar refractivity (Wildman–Crippen MR) is 87.3 cm³/mol. The summed E-state index contributed by atoms with van der Waals surface area (Å²) >= 11 is 0. The van der Waals surface area contributed by atoms with Gasteiger partial charge in [0.2, 0.25) is 0 Å². The van der Waals surface area contributed by atoms with Crippen molar-refractivity contribution in [1.29, 1.82) is 0 Å². The maximum atomic E-state index is 12.9. The summed E-state index contributed by atoms with van der Waals surface area (Å²) in [5.41, 5.74) is 1.09. The molecule has 124 valence electrons. The average molecular weight is 337 g/mol. The van der Waals surface area contributed by atoms with Gasteiger partial charge < -0.3 is 4.74 Å². The molecule has 2 heterocycles. The van der Waals surface area contributed by atoms with Crippen LogP contribution >= 0.6 is 0 Å². The van der Waals surface area contributed by atoms with Gasteiger partial charge in [0, 0.05) is 60.2 Å². The van der Waals surface area contributed by atoms with Crippen LogP contribution < -0.4 is 4.74 Å². The molecule has 2 atom stereocenters. The summed E-state index contributed by atoms with van der Waals surface area (Å²) < 4.78 is 32.2. The van der Waals surface area contributed by atoms with Gasteiger partial charge in [-0.2, -0.15) is 5.10 Å². The van der Waals surface area contributed by atoms with E-state index in [9.17, 15) is 8.60 Å². The second kappa shape index (κ2) is 7.23. The number of aryl methyl sites for hydroxylation is 1. The lowest BCUT2D eigenvalue weighted by Gasteiger charge is -2.34. The Bertz CT molecular complexity index is 674. The molecule has 1 aliphatic rings. The molecule has 1 saturated heterocycles. The topological polar surface area (TPSA) is 47.4 Å². The van der Waals surface area contributed by atoms with Crippen molar-refractivity contribution >= 4 is 10.8 Å². The number of aromatic nitrogens is 2. The minimum atomic E-state index is -0.788. The third kappa shape index (κ3) is 4.17. The van der Waals surface area contributed by atoms with Gasteiger partial charge in [-0.15, -0.1) is 0 Å². The first kappa shape index (κ1) is 16.1. The molecule has 2 aromatic rings. The number of benzene rings is 1. The van der Waals surface area contributed by atoms with E-state index in [4.69, 9.17) is 4.74 Å². The summed E-state index contributed by atoms with van der Waals surface area (Å²) in [6, 6.07) is 6.13. The summed E-state index contributed by atoms with van der Waals surface area (Å²) in [5.74, 6) is 1.70. The molecular weight excluding hydrogens is 317 g/mol. The molecule has 3 rings (SSSR count). The van der Waals surface area contributed by atoms with Gasteiger partial charge >= 0.3 is 0 Å². The number of hydrogen-bond acceptors (Lipinski definition) is 4. The van der Waals surface area contributed by atoms with Crippen LogP contribution in [0.3, 0.4) is 0 Å². The smallest absolute Gasteiger partial charge is 0.123 e. The molecule has 0 unspecified atom stereocenters. The van der Waals surface area contributed by atoms with Crippen LogP contribution in [-0.4, -0.2) is 50.1 Å². The largest absolute Gasteiger partial charge is 0.492 e. The van der Waals surface area contributed by atoms with Crippen molar-refractivity contribution in [2.45, 2.75) is 6.04 Å². The lowest BCUT2D eigenvalue weighted by molar-refractivity contribution is 0.173. The summed E-state index contributed by atoms with van der Waals surface area (Å²) in [5, 5.41) is 4.21. The minimum Gasteiger partial charge on any atom is -0.492 e. The standard InChI is InChI=1S/C16H20FN3O2S/c1-19-11-13(10-18-19)16-12-23(21)9-7-20(16)6-8-22-15-4-2-14(17)3-5-15/h2-5,10-11,16H,6-9,12H2,1H3/t16-,23-/m1/s1. The molecule has 0 spiro atoms. The molecule has 0 amide bonds. The SMILES string of the molecule is Cn1cc([C@H]2C[S@](=O)CCN2CCOc2ccc(F)cc2)cn1. The minimum absolute atomic E-state index is 0.107. The molecular formula is C16H20FN3O2S. The fraction of sp³-hybridized carbons (Fsp3) is 0.438. The maximum Gasteiger partial charge on any atom is 0.123 e. The molecule has 1 aromatic carbocycles. The first-order valence-corrected chi connectivity index (χ1v) is 9.06. The number of halogens is 1. The predicted octanol–water partition coefficient (Wildman–Crippen LogP) is 1.74. The Hall–Kier alpha value is -1.73. The number of nitrogens with zero attached hydrogens (tertiary/aromatic N) is 3. The number of rotatable bonds is 5. The monoisotopic (exact) mass is 337 g/mol. The van der Waals surface area contributed by atoms with E-state index in [0.717, 1.165) is 18.7 Å². The van der Waals surface area contributed by atoms with Crippen LogP contribution in [0.4, 0.5) is 4.39 Å². The van der Waals surface area contributed by atoms with E-state index in [1.807, 2.05) is 19.4 Å². The van der Waals surface area contributed by atoms with Gasteiger partial charge in [-0.05, 0) is 24.3 Å². The second-order valence-corrected chi connectivity index (χ2v) is 7.23.